The zero-order valence-corrected chi connectivity index (χ0v) is 16.0. The van der Waals surface area contributed by atoms with E-state index in [2.05, 4.69) is 42.9 Å². The second-order valence-electron chi connectivity index (χ2n) is 7.34. The fourth-order valence-electron chi connectivity index (χ4n) is 3.41. The number of nitrogens with zero attached hydrogens (tertiary/aromatic N) is 3. The van der Waals surface area contributed by atoms with Crippen LogP contribution in [0.1, 0.15) is 71.7 Å². The first-order chi connectivity index (χ1) is 11.4. The first-order valence-electron chi connectivity index (χ1n) is 9.16. The Hall–Kier alpha value is -0.980. The highest BCUT2D eigenvalue weighted by Crippen LogP contribution is 2.45. The van der Waals surface area contributed by atoms with E-state index in [9.17, 15) is 0 Å². The monoisotopic (exact) mass is 339 g/mol. The van der Waals surface area contributed by atoms with Crippen LogP contribution < -0.4 is 0 Å². The predicted octanol–water partition coefficient (Wildman–Crippen LogP) is 3.58. The third-order valence-corrected chi connectivity index (χ3v) is 5.12. The molecular weight excluding hydrogens is 306 g/mol. The molecule has 1 saturated carbocycles. The number of aromatic nitrogens is 2. The Kier molecular flexibility index (Phi) is 6.78. The maximum Gasteiger partial charge on any atom is 0.240 e. The molecule has 1 heterocycles. The summed E-state index contributed by atoms with van der Waals surface area (Å²) in [5.41, 5.74) is 0.143. The number of unbranched alkanes of at least 4 members (excludes halogenated alkanes) is 1. The van der Waals surface area contributed by atoms with Crippen LogP contribution in [0.4, 0.5) is 0 Å². The Bertz CT molecular complexity index is 503. The van der Waals surface area contributed by atoms with Crippen LogP contribution in [0.25, 0.3) is 0 Å². The molecule has 1 aliphatic rings. The summed E-state index contributed by atoms with van der Waals surface area (Å²) < 4.78 is 16.9. The summed E-state index contributed by atoms with van der Waals surface area (Å²) in [6, 6.07) is 0.462. The average Bonchev–Trinajstić information content (AvgIpc) is 2.98. The molecule has 1 aromatic rings. The van der Waals surface area contributed by atoms with Crippen molar-refractivity contribution < 1.29 is 14.0 Å². The highest BCUT2D eigenvalue weighted by atomic mass is 16.5. The fraction of sp³-hybridized carbons (Fsp3) is 0.889. The zero-order valence-electron chi connectivity index (χ0n) is 16.0. The standard InChI is InChI=1S/C18H33N3O3/c1-7-9-10-23-15-11-14(18(15,4)5)21(6)12-16-19-17(20-24-16)13(3)22-8-2/h13-15H,7-12H2,1-6H3/t13-,14-,15+/m0/s1. The van der Waals surface area contributed by atoms with Gasteiger partial charge in [-0.1, -0.05) is 32.3 Å². The highest BCUT2D eigenvalue weighted by molar-refractivity contribution is 5.04. The minimum atomic E-state index is -0.130. The third-order valence-electron chi connectivity index (χ3n) is 5.12. The van der Waals surface area contributed by atoms with Crippen LogP contribution in [0.15, 0.2) is 4.52 Å². The largest absolute Gasteiger partial charge is 0.378 e. The normalized spacial score (nSPS) is 24.1. The molecule has 0 unspecified atom stereocenters. The minimum absolute atomic E-state index is 0.130. The molecule has 1 fully saturated rings. The van der Waals surface area contributed by atoms with Crippen molar-refractivity contribution in [3.63, 3.8) is 0 Å². The Labute approximate surface area is 145 Å². The molecule has 6 nitrogen and oxygen atoms in total. The van der Waals surface area contributed by atoms with Gasteiger partial charge in [0.05, 0.1) is 12.6 Å². The van der Waals surface area contributed by atoms with Gasteiger partial charge < -0.3 is 14.0 Å². The van der Waals surface area contributed by atoms with Crippen LogP contribution in [0.2, 0.25) is 0 Å². The first-order valence-corrected chi connectivity index (χ1v) is 9.16. The first kappa shape index (κ1) is 19.3. The van der Waals surface area contributed by atoms with Gasteiger partial charge in [0.1, 0.15) is 6.10 Å². The Morgan fingerprint density at radius 3 is 2.75 bits per heavy atom. The Morgan fingerprint density at radius 1 is 1.38 bits per heavy atom. The molecule has 0 aromatic carbocycles. The predicted molar refractivity (Wildman–Crippen MR) is 92.6 cm³/mol. The molecule has 1 aromatic heterocycles. The molecule has 2 rings (SSSR count). The van der Waals surface area contributed by atoms with E-state index in [-0.39, 0.29) is 11.5 Å². The quantitative estimate of drug-likeness (QED) is 0.607. The van der Waals surface area contributed by atoms with E-state index in [4.69, 9.17) is 14.0 Å². The maximum absolute atomic E-state index is 6.03. The van der Waals surface area contributed by atoms with E-state index >= 15 is 0 Å². The van der Waals surface area contributed by atoms with Crippen molar-refractivity contribution >= 4 is 0 Å². The van der Waals surface area contributed by atoms with Gasteiger partial charge in [0.15, 0.2) is 5.82 Å². The van der Waals surface area contributed by atoms with Gasteiger partial charge >= 0.3 is 0 Å². The van der Waals surface area contributed by atoms with Gasteiger partial charge in [0.2, 0.25) is 5.89 Å². The fourth-order valence-corrected chi connectivity index (χ4v) is 3.41. The van der Waals surface area contributed by atoms with Crippen LogP contribution in [-0.4, -0.2) is 47.4 Å². The molecule has 0 aliphatic heterocycles. The molecule has 24 heavy (non-hydrogen) atoms. The van der Waals surface area contributed by atoms with Gasteiger partial charge in [-0.05, 0) is 33.7 Å². The van der Waals surface area contributed by atoms with Gasteiger partial charge in [-0.25, -0.2) is 0 Å². The van der Waals surface area contributed by atoms with Crippen molar-refractivity contribution in [2.45, 2.75) is 78.7 Å². The summed E-state index contributed by atoms with van der Waals surface area (Å²) in [4.78, 5) is 6.76. The molecule has 0 amide bonds. The molecule has 0 saturated heterocycles. The van der Waals surface area contributed by atoms with Crippen molar-refractivity contribution in [2.75, 3.05) is 20.3 Å². The number of hydrogen-bond donors (Lipinski definition) is 0. The van der Waals surface area contributed by atoms with E-state index in [0.717, 1.165) is 19.4 Å². The zero-order chi connectivity index (χ0) is 17.7. The van der Waals surface area contributed by atoms with Gasteiger partial charge in [-0.3, -0.25) is 4.90 Å². The average molecular weight is 339 g/mol. The lowest BCUT2D eigenvalue weighted by Gasteiger charge is -2.54. The van der Waals surface area contributed by atoms with Crippen molar-refractivity contribution in [1.82, 2.24) is 15.0 Å². The topological polar surface area (TPSA) is 60.6 Å². The molecule has 0 N–H and O–H groups in total. The molecule has 1 aliphatic carbocycles. The summed E-state index contributed by atoms with van der Waals surface area (Å²) in [6.45, 7) is 12.8. The van der Waals surface area contributed by atoms with Crippen LogP contribution in [0, 0.1) is 5.41 Å². The minimum Gasteiger partial charge on any atom is -0.378 e. The number of hydrogen-bond acceptors (Lipinski definition) is 6. The molecule has 0 radical (unpaired) electrons. The number of rotatable bonds is 10. The molecule has 6 heteroatoms. The van der Waals surface area contributed by atoms with Crippen molar-refractivity contribution in [1.29, 1.82) is 0 Å². The van der Waals surface area contributed by atoms with Crippen molar-refractivity contribution in [3.8, 4) is 0 Å². The highest BCUT2D eigenvalue weighted by Gasteiger charge is 2.50. The van der Waals surface area contributed by atoms with Crippen LogP contribution in [0.3, 0.4) is 0 Å². The van der Waals surface area contributed by atoms with E-state index in [0.29, 0.717) is 37.0 Å². The summed E-state index contributed by atoms with van der Waals surface area (Å²) >= 11 is 0. The van der Waals surface area contributed by atoms with Gasteiger partial charge in [0, 0.05) is 24.7 Å². The van der Waals surface area contributed by atoms with E-state index in [1.165, 1.54) is 6.42 Å². The van der Waals surface area contributed by atoms with Crippen molar-refractivity contribution in [3.05, 3.63) is 11.7 Å². The van der Waals surface area contributed by atoms with E-state index in [1.54, 1.807) is 0 Å². The van der Waals surface area contributed by atoms with Gasteiger partial charge in [-0.15, -0.1) is 0 Å². The molecule has 3 atom stereocenters. The van der Waals surface area contributed by atoms with Crippen molar-refractivity contribution in [2.24, 2.45) is 5.41 Å². The lowest BCUT2D eigenvalue weighted by Crippen LogP contribution is -2.61. The summed E-state index contributed by atoms with van der Waals surface area (Å²) in [6.07, 6.45) is 3.58. The SMILES string of the molecule is CCCCO[C@@H]1C[C@H](N(C)Cc2nc([C@H](C)OCC)no2)C1(C)C. The summed E-state index contributed by atoms with van der Waals surface area (Å²) in [5.74, 6) is 1.26. The lowest BCUT2D eigenvalue weighted by atomic mass is 9.64. The second-order valence-corrected chi connectivity index (χ2v) is 7.34. The summed E-state index contributed by atoms with van der Waals surface area (Å²) in [7, 11) is 2.12. The van der Waals surface area contributed by atoms with E-state index < -0.39 is 0 Å². The van der Waals surface area contributed by atoms with Gasteiger partial charge in [-0.2, -0.15) is 4.98 Å². The van der Waals surface area contributed by atoms with Crippen LogP contribution in [-0.2, 0) is 16.0 Å². The third kappa shape index (κ3) is 4.35. The smallest absolute Gasteiger partial charge is 0.240 e. The molecule has 138 valence electrons. The second kappa shape index (κ2) is 8.41. The molecular formula is C18H33N3O3. The van der Waals surface area contributed by atoms with E-state index in [1.807, 2.05) is 13.8 Å². The molecule has 0 spiro atoms. The lowest BCUT2D eigenvalue weighted by molar-refractivity contribution is -0.150. The maximum atomic E-state index is 6.03. The Morgan fingerprint density at radius 2 is 2.12 bits per heavy atom. The van der Waals surface area contributed by atoms with Crippen LogP contribution in [0.5, 0.6) is 0 Å². The molecule has 0 bridgehead atoms. The number of ether oxygens (including phenoxy) is 2. The summed E-state index contributed by atoms with van der Waals surface area (Å²) in [5, 5.41) is 4.03. The Balaban J connectivity index is 1.86. The van der Waals surface area contributed by atoms with Crippen LogP contribution >= 0.6 is 0 Å². The van der Waals surface area contributed by atoms with Gasteiger partial charge in [0.25, 0.3) is 0 Å².